The van der Waals surface area contributed by atoms with Crippen LogP contribution in [0.1, 0.15) is 57.1 Å². The van der Waals surface area contributed by atoms with E-state index in [1.165, 1.54) is 28.3 Å². The molecule has 0 spiro atoms. The topological polar surface area (TPSA) is 26.3 Å². The van der Waals surface area contributed by atoms with Gasteiger partial charge in [-0.25, -0.2) is 0 Å². The second-order valence-electron chi connectivity index (χ2n) is 13.5. The minimum absolute atomic E-state index is 0.00231. The summed E-state index contributed by atoms with van der Waals surface area (Å²) < 4.78 is 6.55. The van der Waals surface area contributed by atoms with Gasteiger partial charge in [0.1, 0.15) is 6.10 Å². The van der Waals surface area contributed by atoms with Crippen molar-refractivity contribution in [3.05, 3.63) is 95.7 Å². The maximum Gasteiger partial charge on any atom is 0.310 e. The maximum atomic E-state index is 13.8. The molecule has 0 saturated heterocycles. The van der Waals surface area contributed by atoms with E-state index >= 15 is 0 Å². The smallest absolute Gasteiger partial charge is 0.310 e. The summed E-state index contributed by atoms with van der Waals surface area (Å²) in [6.07, 6.45) is 5.51. The number of allylic oxidation sites excluding steroid dienone is 1. The molecule has 5 rings (SSSR count). The van der Waals surface area contributed by atoms with Crippen molar-refractivity contribution in [2.75, 3.05) is 0 Å². The van der Waals surface area contributed by atoms with E-state index in [-0.39, 0.29) is 35.2 Å². The SMILES string of the molecule is C[C@@H]1CC[C@@H](C(C)(C)c2ccc3ccccc3c2)[C@H](OC(=O)[C@@H]2[C@@H](/C=C/[Si](C)(C)C)[C@H]2c2ccccc2)C1. The van der Waals surface area contributed by atoms with E-state index in [4.69, 9.17) is 4.74 Å². The summed E-state index contributed by atoms with van der Waals surface area (Å²) in [6, 6.07) is 26.0. The van der Waals surface area contributed by atoms with Crippen LogP contribution in [0.5, 0.6) is 0 Å². The third-order valence-electron chi connectivity index (χ3n) is 9.09. The van der Waals surface area contributed by atoms with Gasteiger partial charge in [0.15, 0.2) is 0 Å². The average molecular weight is 525 g/mol. The number of carbonyl (C=O) groups excluding carboxylic acids is 1. The van der Waals surface area contributed by atoms with Crippen LogP contribution in [-0.2, 0) is 14.9 Å². The molecule has 2 saturated carbocycles. The molecule has 0 aliphatic heterocycles. The lowest BCUT2D eigenvalue weighted by molar-refractivity contribution is -0.158. The molecular weight excluding hydrogens is 480 g/mol. The normalized spacial score (nSPS) is 27.9. The van der Waals surface area contributed by atoms with Gasteiger partial charge in [-0.2, -0.15) is 0 Å². The van der Waals surface area contributed by atoms with Crippen LogP contribution in [0, 0.1) is 23.7 Å². The summed E-state index contributed by atoms with van der Waals surface area (Å²) in [6.45, 7) is 14.0. The summed E-state index contributed by atoms with van der Waals surface area (Å²) in [5, 5.41) is 2.54. The first-order chi connectivity index (χ1) is 18.0. The largest absolute Gasteiger partial charge is 0.462 e. The van der Waals surface area contributed by atoms with Crippen molar-refractivity contribution in [1.82, 2.24) is 0 Å². The van der Waals surface area contributed by atoms with Crippen molar-refractivity contribution in [3.8, 4) is 0 Å². The molecule has 3 heteroatoms. The van der Waals surface area contributed by atoms with E-state index in [1.807, 2.05) is 0 Å². The van der Waals surface area contributed by atoms with Gasteiger partial charge in [-0.3, -0.25) is 4.79 Å². The van der Waals surface area contributed by atoms with Crippen LogP contribution in [0.2, 0.25) is 19.6 Å². The Labute approximate surface area is 230 Å². The third kappa shape index (κ3) is 5.68. The van der Waals surface area contributed by atoms with Gasteiger partial charge < -0.3 is 4.74 Å². The van der Waals surface area contributed by atoms with E-state index in [0.29, 0.717) is 11.8 Å². The van der Waals surface area contributed by atoms with Gasteiger partial charge in [-0.15, -0.1) is 0 Å². The number of carbonyl (C=O) groups is 1. The number of hydrogen-bond donors (Lipinski definition) is 0. The Morgan fingerprint density at radius 1 is 0.921 bits per heavy atom. The van der Waals surface area contributed by atoms with Crippen LogP contribution in [0.3, 0.4) is 0 Å². The van der Waals surface area contributed by atoms with Crippen LogP contribution in [0.4, 0.5) is 0 Å². The number of ether oxygens (including phenoxy) is 1. The molecule has 3 aromatic rings. The Kier molecular flexibility index (Phi) is 7.43. The Hall–Kier alpha value is -2.65. The lowest BCUT2D eigenvalue weighted by atomic mass is 9.64. The summed E-state index contributed by atoms with van der Waals surface area (Å²) in [5.41, 5.74) is 4.90. The van der Waals surface area contributed by atoms with Crippen LogP contribution in [-0.4, -0.2) is 20.1 Å². The molecule has 2 aliphatic rings. The zero-order valence-electron chi connectivity index (χ0n) is 24.0. The third-order valence-corrected chi connectivity index (χ3v) is 10.3. The second-order valence-corrected chi connectivity index (χ2v) is 18.6. The molecule has 0 N–H and O–H groups in total. The van der Waals surface area contributed by atoms with Crippen LogP contribution in [0.25, 0.3) is 10.8 Å². The minimum Gasteiger partial charge on any atom is -0.462 e. The molecule has 2 fully saturated rings. The summed E-state index contributed by atoms with van der Waals surface area (Å²) in [7, 11) is -1.35. The molecule has 0 amide bonds. The number of rotatable bonds is 7. The molecule has 0 bridgehead atoms. The first kappa shape index (κ1) is 26.9. The highest BCUT2D eigenvalue weighted by atomic mass is 28.3. The van der Waals surface area contributed by atoms with E-state index < -0.39 is 8.07 Å². The molecule has 6 atom stereocenters. The first-order valence-electron chi connectivity index (χ1n) is 14.5. The Morgan fingerprint density at radius 3 is 2.32 bits per heavy atom. The van der Waals surface area contributed by atoms with Crippen molar-refractivity contribution in [1.29, 1.82) is 0 Å². The number of esters is 1. The predicted octanol–water partition coefficient (Wildman–Crippen LogP) is 8.93. The van der Waals surface area contributed by atoms with E-state index in [0.717, 1.165) is 12.8 Å². The molecular formula is C35H44O2Si. The molecule has 3 aromatic carbocycles. The van der Waals surface area contributed by atoms with E-state index in [2.05, 4.69) is 125 Å². The standard InChI is InChI=1S/C35H44O2Si/c1-24-16-19-30(35(2,3)28-18-17-25-12-10-11-15-27(25)23-28)31(22-24)37-34(36)33-29(20-21-38(4,5)6)32(33)26-13-8-7-9-14-26/h7-15,17-18,20-21,23-24,29-33H,16,19,22H2,1-6H3/b21-20+/t24-,29+,30-,31-,32-,33-/m1/s1. The van der Waals surface area contributed by atoms with Crippen molar-refractivity contribution in [3.63, 3.8) is 0 Å². The summed E-state index contributed by atoms with van der Waals surface area (Å²) in [4.78, 5) is 13.8. The highest BCUT2D eigenvalue weighted by Gasteiger charge is 2.56. The highest BCUT2D eigenvalue weighted by Crippen LogP contribution is 2.56. The summed E-state index contributed by atoms with van der Waals surface area (Å²) >= 11 is 0. The monoisotopic (exact) mass is 524 g/mol. The summed E-state index contributed by atoms with van der Waals surface area (Å²) in [5.74, 6) is 1.26. The van der Waals surface area contributed by atoms with Gasteiger partial charge in [0.05, 0.1) is 14.0 Å². The lowest BCUT2D eigenvalue weighted by Gasteiger charge is -2.44. The number of benzene rings is 3. The molecule has 0 radical (unpaired) electrons. The van der Waals surface area contributed by atoms with Crippen LogP contribution in [0.15, 0.2) is 84.6 Å². The van der Waals surface area contributed by atoms with Gasteiger partial charge in [-0.05, 0) is 52.0 Å². The minimum atomic E-state index is -1.35. The average Bonchev–Trinajstić information content (AvgIpc) is 3.62. The predicted molar refractivity (Wildman–Crippen MR) is 162 cm³/mol. The quantitative estimate of drug-likeness (QED) is 0.228. The van der Waals surface area contributed by atoms with Gasteiger partial charge in [-0.1, -0.05) is 131 Å². The zero-order chi connectivity index (χ0) is 27.1. The molecule has 0 heterocycles. The van der Waals surface area contributed by atoms with E-state index in [1.54, 1.807) is 0 Å². The molecule has 38 heavy (non-hydrogen) atoms. The second kappa shape index (κ2) is 10.5. The van der Waals surface area contributed by atoms with Gasteiger partial charge in [0.2, 0.25) is 0 Å². The number of hydrogen-bond acceptors (Lipinski definition) is 2. The Balaban J connectivity index is 1.39. The van der Waals surface area contributed by atoms with Gasteiger partial charge in [0, 0.05) is 11.8 Å². The molecule has 2 nitrogen and oxygen atoms in total. The highest BCUT2D eigenvalue weighted by molar-refractivity contribution is 6.80. The fourth-order valence-electron chi connectivity index (χ4n) is 6.70. The van der Waals surface area contributed by atoms with Gasteiger partial charge in [0.25, 0.3) is 0 Å². The molecule has 0 unspecified atom stereocenters. The first-order valence-corrected chi connectivity index (χ1v) is 18.1. The fourth-order valence-corrected chi connectivity index (χ4v) is 7.50. The zero-order valence-corrected chi connectivity index (χ0v) is 25.0. The van der Waals surface area contributed by atoms with Crippen molar-refractivity contribution < 1.29 is 9.53 Å². The fraction of sp³-hybridized carbons (Fsp3) is 0.457. The van der Waals surface area contributed by atoms with Crippen molar-refractivity contribution in [2.24, 2.45) is 23.7 Å². The van der Waals surface area contributed by atoms with Gasteiger partial charge >= 0.3 is 5.97 Å². The Morgan fingerprint density at radius 2 is 1.61 bits per heavy atom. The Bertz CT molecular complexity index is 1300. The molecule has 200 valence electrons. The van der Waals surface area contributed by atoms with Crippen LogP contribution >= 0.6 is 0 Å². The lowest BCUT2D eigenvalue weighted by Crippen LogP contribution is -2.43. The van der Waals surface area contributed by atoms with Crippen molar-refractivity contribution >= 4 is 24.8 Å². The van der Waals surface area contributed by atoms with Crippen LogP contribution < -0.4 is 0 Å². The number of fused-ring (bicyclic) bond motifs is 1. The molecule has 0 aromatic heterocycles. The molecule has 2 aliphatic carbocycles. The van der Waals surface area contributed by atoms with E-state index in [9.17, 15) is 4.79 Å². The van der Waals surface area contributed by atoms with Crippen molar-refractivity contribution in [2.45, 2.75) is 77.1 Å². The maximum absolute atomic E-state index is 13.8.